The Morgan fingerprint density at radius 1 is 1.08 bits per heavy atom. The molecule has 2 aromatic heterocycles. The molecule has 4 rings (SSSR count). The van der Waals surface area contributed by atoms with Crippen molar-refractivity contribution in [2.24, 2.45) is 5.92 Å². The van der Waals surface area contributed by atoms with Gasteiger partial charge in [-0.05, 0) is 43.9 Å². The molecule has 0 amide bonds. The van der Waals surface area contributed by atoms with E-state index in [0.717, 1.165) is 48.8 Å². The number of pyridine rings is 1. The maximum atomic E-state index is 4.75. The van der Waals surface area contributed by atoms with Gasteiger partial charge in [0.2, 0.25) is 5.95 Å². The van der Waals surface area contributed by atoms with Crippen molar-refractivity contribution in [1.82, 2.24) is 15.0 Å². The zero-order valence-corrected chi connectivity index (χ0v) is 15.3. The van der Waals surface area contributed by atoms with E-state index in [1.807, 2.05) is 31.3 Å². The Hall–Kier alpha value is -2.37. The number of hydrogen-bond donors (Lipinski definition) is 0. The van der Waals surface area contributed by atoms with E-state index in [9.17, 15) is 0 Å². The first-order chi connectivity index (χ1) is 12.1. The largest absolute Gasteiger partial charge is 0.363 e. The van der Waals surface area contributed by atoms with Gasteiger partial charge in [-0.1, -0.05) is 6.07 Å². The van der Waals surface area contributed by atoms with Gasteiger partial charge < -0.3 is 14.7 Å². The fourth-order valence-electron chi connectivity index (χ4n) is 4.04. The minimum absolute atomic E-state index is 0.495. The van der Waals surface area contributed by atoms with E-state index in [4.69, 9.17) is 9.97 Å². The molecule has 0 radical (unpaired) electrons. The van der Waals surface area contributed by atoms with E-state index < -0.39 is 0 Å². The third-order valence-corrected chi connectivity index (χ3v) is 5.40. The van der Waals surface area contributed by atoms with Gasteiger partial charge >= 0.3 is 0 Å². The molecule has 2 aliphatic heterocycles. The molecule has 0 N–H and O–H groups in total. The summed E-state index contributed by atoms with van der Waals surface area (Å²) in [7, 11) is 4.03. The van der Waals surface area contributed by atoms with Crippen LogP contribution in [0.5, 0.6) is 0 Å². The fourth-order valence-corrected chi connectivity index (χ4v) is 4.04. The predicted molar refractivity (Wildman–Crippen MR) is 101 cm³/mol. The molecule has 2 saturated heterocycles. The molecule has 6 nitrogen and oxygen atoms in total. The Balaban J connectivity index is 1.56. The van der Waals surface area contributed by atoms with E-state index in [1.54, 1.807) is 0 Å². The number of fused-ring (bicyclic) bond motifs is 1. The number of rotatable bonds is 3. The highest BCUT2D eigenvalue weighted by Gasteiger charge is 2.39. The van der Waals surface area contributed by atoms with Crippen LogP contribution < -0.4 is 14.7 Å². The van der Waals surface area contributed by atoms with Gasteiger partial charge in [0.25, 0.3) is 0 Å². The van der Waals surface area contributed by atoms with Crippen molar-refractivity contribution in [1.29, 1.82) is 0 Å². The molecular formula is C19H26N6. The van der Waals surface area contributed by atoms with Gasteiger partial charge in [0.15, 0.2) is 0 Å². The second kappa shape index (κ2) is 6.50. The zero-order valence-electron chi connectivity index (χ0n) is 15.3. The molecule has 6 heteroatoms. The quantitative estimate of drug-likeness (QED) is 0.856. The van der Waals surface area contributed by atoms with Crippen LogP contribution in [0.1, 0.15) is 18.5 Å². The smallest absolute Gasteiger partial charge is 0.227 e. The monoisotopic (exact) mass is 338 g/mol. The average Bonchev–Trinajstić information content (AvgIpc) is 3.05. The van der Waals surface area contributed by atoms with Crippen LogP contribution in [0.2, 0.25) is 0 Å². The van der Waals surface area contributed by atoms with Crippen LogP contribution in [0, 0.1) is 12.8 Å². The second-order valence-electron chi connectivity index (χ2n) is 7.29. The number of anilines is 3. The predicted octanol–water partition coefficient (Wildman–Crippen LogP) is 2.35. The van der Waals surface area contributed by atoms with Crippen molar-refractivity contribution < 1.29 is 0 Å². The van der Waals surface area contributed by atoms with Crippen molar-refractivity contribution >= 4 is 17.6 Å². The molecule has 2 atom stereocenters. The lowest BCUT2D eigenvalue weighted by Crippen LogP contribution is -2.49. The lowest BCUT2D eigenvalue weighted by Gasteiger charge is -2.39. The van der Waals surface area contributed by atoms with Gasteiger partial charge in [-0.15, -0.1) is 0 Å². The Kier molecular flexibility index (Phi) is 4.19. The van der Waals surface area contributed by atoms with Crippen LogP contribution >= 0.6 is 0 Å². The third kappa shape index (κ3) is 3.13. The molecule has 2 fully saturated rings. The molecule has 25 heavy (non-hydrogen) atoms. The van der Waals surface area contributed by atoms with Crippen LogP contribution in [0.15, 0.2) is 30.5 Å². The topological polar surface area (TPSA) is 48.4 Å². The number of nitrogens with zero attached hydrogens (tertiary/aromatic N) is 6. The molecule has 0 spiro atoms. The van der Waals surface area contributed by atoms with Gasteiger partial charge in [-0.25, -0.2) is 9.97 Å². The summed E-state index contributed by atoms with van der Waals surface area (Å²) in [6, 6.07) is 8.75. The molecule has 0 bridgehead atoms. The average molecular weight is 338 g/mol. The van der Waals surface area contributed by atoms with Gasteiger partial charge in [-0.3, -0.25) is 0 Å². The SMILES string of the molecule is Cc1cccc(N2CCC3CCN(c4nccc(N(C)C)n4)CC32)n1. The van der Waals surface area contributed by atoms with Crippen LogP contribution in [-0.4, -0.2) is 54.7 Å². The Morgan fingerprint density at radius 2 is 1.92 bits per heavy atom. The minimum atomic E-state index is 0.495. The van der Waals surface area contributed by atoms with E-state index in [1.165, 1.54) is 12.8 Å². The zero-order chi connectivity index (χ0) is 17.4. The number of piperidine rings is 1. The molecule has 2 unspecified atom stereocenters. The summed E-state index contributed by atoms with van der Waals surface area (Å²) in [6.45, 7) is 5.16. The number of aryl methyl sites for hydroxylation is 1. The number of hydrogen-bond acceptors (Lipinski definition) is 6. The first-order valence-electron chi connectivity index (χ1n) is 9.07. The van der Waals surface area contributed by atoms with Crippen LogP contribution in [0.3, 0.4) is 0 Å². The maximum Gasteiger partial charge on any atom is 0.227 e. The highest BCUT2D eigenvalue weighted by atomic mass is 15.3. The molecule has 2 aromatic rings. The second-order valence-corrected chi connectivity index (χ2v) is 7.29. The van der Waals surface area contributed by atoms with Gasteiger partial charge in [0, 0.05) is 45.6 Å². The van der Waals surface area contributed by atoms with Crippen molar-refractivity contribution in [3.05, 3.63) is 36.2 Å². The minimum Gasteiger partial charge on any atom is -0.363 e. The standard InChI is InChI=1S/C19H26N6/c1-14-5-4-6-18(21-14)25-12-9-15-8-11-24(13-16(15)25)19-20-10-7-17(22-19)23(2)3/h4-7,10,15-16H,8-9,11-13H2,1-3H3. The molecule has 0 aliphatic carbocycles. The summed E-state index contributed by atoms with van der Waals surface area (Å²) in [5.74, 6) is 3.65. The first kappa shape index (κ1) is 16.1. The fraction of sp³-hybridized carbons (Fsp3) is 0.526. The molecule has 0 aromatic carbocycles. The Bertz CT molecular complexity index is 746. The lowest BCUT2D eigenvalue weighted by atomic mass is 9.92. The van der Waals surface area contributed by atoms with Crippen molar-refractivity contribution in [3.8, 4) is 0 Å². The molecule has 132 valence electrons. The highest BCUT2D eigenvalue weighted by molar-refractivity contribution is 5.46. The van der Waals surface area contributed by atoms with E-state index in [-0.39, 0.29) is 0 Å². The first-order valence-corrected chi connectivity index (χ1v) is 9.07. The van der Waals surface area contributed by atoms with Crippen molar-refractivity contribution in [3.63, 3.8) is 0 Å². The van der Waals surface area contributed by atoms with E-state index in [2.05, 4.69) is 39.9 Å². The normalized spacial score (nSPS) is 22.8. The summed E-state index contributed by atoms with van der Waals surface area (Å²) < 4.78 is 0. The number of aromatic nitrogens is 3. The van der Waals surface area contributed by atoms with Crippen molar-refractivity contribution in [2.45, 2.75) is 25.8 Å². The van der Waals surface area contributed by atoms with Crippen LogP contribution in [-0.2, 0) is 0 Å². The summed E-state index contributed by atoms with van der Waals surface area (Å²) in [4.78, 5) is 20.9. The summed E-state index contributed by atoms with van der Waals surface area (Å²) >= 11 is 0. The van der Waals surface area contributed by atoms with Gasteiger partial charge in [-0.2, -0.15) is 4.98 Å². The lowest BCUT2D eigenvalue weighted by molar-refractivity contribution is 0.387. The molecule has 4 heterocycles. The van der Waals surface area contributed by atoms with Gasteiger partial charge in [0.05, 0.1) is 6.04 Å². The summed E-state index contributed by atoms with van der Waals surface area (Å²) in [6.07, 6.45) is 4.31. The molecular weight excluding hydrogens is 312 g/mol. The van der Waals surface area contributed by atoms with E-state index >= 15 is 0 Å². The summed E-state index contributed by atoms with van der Waals surface area (Å²) in [5, 5.41) is 0. The van der Waals surface area contributed by atoms with Gasteiger partial charge in [0.1, 0.15) is 11.6 Å². The van der Waals surface area contributed by atoms with Crippen molar-refractivity contribution in [2.75, 3.05) is 48.4 Å². The van der Waals surface area contributed by atoms with Crippen LogP contribution in [0.4, 0.5) is 17.6 Å². The highest BCUT2D eigenvalue weighted by Crippen LogP contribution is 2.35. The van der Waals surface area contributed by atoms with Crippen LogP contribution in [0.25, 0.3) is 0 Å². The Morgan fingerprint density at radius 3 is 2.72 bits per heavy atom. The molecule has 2 aliphatic rings. The summed E-state index contributed by atoms with van der Waals surface area (Å²) in [5.41, 5.74) is 1.08. The maximum absolute atomic E-state index is 4.75. The Labute approximate surface area is 149 Å². The third-order valence-electron chi connectivity index (χ3n) is 5.40. The van der Waals surface area contributed by atoms with E-state index in [0.29, 0.717) is 6.04 Å². The molecule has 0 saturated carbocycles.